The minimum Gasteiger partial charge on any atom is -0.457 e. The van der Waals surface area contributed by atoms with Crippen molar-refractivity contribution in [2.45, 2.75) is 25.2 Å². The Labute approximate surface area is 449 Å². The predicted octanol–water partition coefficient (Wildman–Crippen LogP) is 13.5. The molecule has 11 nitrogen and oxygen atoms in total. The van der Waals surface area contributed by atoms with Gasteiger partial charge in [-0.2, -0.15) is 36.0 Å². The van der Waals surface area contributed by atoms with Crippen LogP contribution in [0.15, 0.2) is 224 Å². The number of carbonyl (C=O) groups is 1. The number of nitrogens with one attached hydrogen (secondary N) is 2. The molecule has 10 rings (SSSR count). The topological polar surface area (TPSA) is 128 Å². The van der Waals surface area contributed by atoms with E-state index in [-0.39, 0.29) is 25.7 Å². The van der Waals surface area contributed by atoms with Crippen molar-refractivity contribution in [2.75, 3.05) is 5.43 Å². The molecular formula is C56H43BCl2F6N8O3P. The number of amides is 1. The maximum Gasteiger partial charge on any atom is 0.397 e. The van der Waals surface area contributed by atoms with E-state index in [9.17, 15) is 31.1 Å². The van der Waals surface area contributed by atoms with Crippen LogP contribution in [0.25, 0.3) is 28.2 Å². The van der Waals surface area contributed by atoms with Crippen LogP contribution >= 0.6 is 27.8 Å². The summed E-state index contributed by atoms with van der Waals surface area (Å²) in [6.45, 7) is 0. The molecule has 389 valence electrons. The molecular weight excluding hydrogens is 1060 g/mol. The van der Waals surface area contributed by atoms with Crippen LogP contribution in [-0.2, 0) is 11.2 Å². The van der Waals surface area contributed by atoms with Gasteiger partial charge < -0.3 is 9.47 Å². The first-order valence-electron chi connectivity index (χ1n) is 23.0. The first-order valence-corrected chi connectivity index (χ1v) is 27.1. The van der Waals surface area contributed by atoms with Gasteiger partial charge in [0.05, 0.1) is 11.4 Å². The number of carbonyl (C=O) groups excluding carboxylic acids is 1. The molecule has 77 heavy (non-hydrogen) atoms. The smallest absolute Gasteiger partial charge is 0.397 e. The average molecular weight is 1100 g/mol. The van der Waals surface area contributed by atoms with E-state index in [1.807, 2.05) is 157 Å². The third-order valence-corrected chi connectivity index (χ3v) is 18.1. The Balaban J connectivity index is 0.000000168. The van der Waals surface area contributed by atoms with Gasteiger partial charge in [-0.25, -0.2) is 0 Å². The van der Waals surface area contributed by atoms with Gasteiger partial charge in [-0.05, 0) is 97.1 Å². The molecule has 0 aliphatic rings. The molecule has 0 saturated carbocycles. The summed E-state index contributed by atoms with van der Waals surface area (Å²) in [6, 6.07) is 69.3. The van der Waals surface area contributed by atoms with Crippen LogP contribution in [0, 0.1) is 0 Å². The quantitative estimate of drug-likeness (QED) is 0.0502. The minimum absolute atomic E-state index is 0. The van der Waals surface area contributed by atoms with E-state index in [0.717, 1.165) is 37.3 Å². The van der Waals surface area contributed by atoms with E-state index < -0.39 is 36.4 Å². The number of benzene rings is 7. The van der Waals surface area contributed by atoms with E-state index >= 15 is 0 Å². The number of ether oxygens (including phenoxy) is 2. The zero-order valence-corrected chi connectivity index (χ0v) is 42.6. The zero-order valence-electron chi connectivity index (χ0n) is 40.2. The second-order valence-electron chi connectivity index (χ2n) is 16.5. The van der Waals surface area contributed by atoms with E-state index in [0.29, 0.717) is 28.6 Å². The van der Waals surface area contributed by atoms with Gasteiger partial charge in [0.1, 0.15) is 35.8 Å². The third-order valence-electron chi connectivity index (χ3n) is 10.9. The van der Waals surface area contributed by atoms with Gasteiger partial charge in [0.25, 0.3) is 0 Å². The molecule has 0 atom stereocenters. The van der Waals surface area contributed by atoms with Crippen LogP contribution in [0.1, 0.15) is 12.2 Å². The molecule has 7 aromatic carbocycles. The first kappa shape index (κ1) is 56.4. The summed E-state index contributed by atoms with van der Waals surface area (Å²) >= 11 is 14.5. The van der Waals surface area contributed by atoms with Crippen LogP contribution in [0.2, 0.25) is 0 Å². The van der Waals surface area contributed by atoms with Crippen molar-refractivity contribution in [3.8, 4) is 45.5 Å². The molecule has 0 spiro atoms. The number of hydrogen-bond acceptors (Lipinski definition) is 9. The summed E-state index contributed by atoms with van der Waals surface area (Å²) < 4.78 is 86.9. The number of alkyl halides is 6. The number of halogens is 8. The predicted molar refractivity (Wildman–Crippen MR) is 292 cm³/mol. The molecule has 0 saturated heterocycles. The monoisotopic (exact) mass is 1100 g/mol. The van der Waals surface area contributed by atoms with E-state index in [2.05, 4.69) is 30.9 Å². The Morgan fingerprint density at radius 3 is 1.31 bits per heavy atom. The molecule has 0 fully saturated rings. The molecule has 0 unspecified atom stereocenters. The zero-order chi connectivity index (χ0) is 53.6. The van der Waals surface area contributed by atoms with Crippen molar-refractivity contribution >= 4 is 69.5 Å². The van der Waals surface area contributed by atoms with Crippen molar-refractivity contribution in [3.05, 3.63) is 230 Å². The Kier molecular flexibility index (Phi) is 18.3. The number of anilines is 1. The third kappa shape index (κ3) is 15.2. The Bertz CT molecular complexity index is 3350. The Morgan fingerprint density at radius 2 is 0.896 bits per heavy atom. The van der Waals surface area contributed by atoms with Crippen molar-refractivity contribution in [1.29, 1.82) is 0 Å². The largest absolute Gasteiger partial charge is 0.457 e. The fourth-order valence-corrected chi connectivity index (χ4v) is 12.4. The van der Waals surface area contributed by atoms with Crippen LogP contribution in [-0.4, -0.2) is 56.7 Å². The average Bonchev–Trinajstić information content (AvgIpc) is 3.89. The molecule has 0 aliphatic carbocycles. The number of aromatic nitrogens is 6. The summed E-state index contributed by atoms with van der Waals surface area (Å²) in [6.07, 6.45) is -11.7. The van der Waals surface area contributed by atoms with Gasteiger partial charge in [-0.3, -0.25) is 15.6 Å². The molecule has 10 aromatic rings. The van der Waals surface area contributed by atoms with Crippen molar-refractivity contribution in [2.24, 2.45) is 0 Å². The summed E-state index contributed by atoms with van der Waals surface area (Å²) in [5, 5.41) is 18.8. The molecule has 21 heteroatoms. The van der Waals surface area contributed by atoms with Crippen molar-refractivity contribution in [3.63, 3.8) is 0 Å². The van der Waals surface area contributed by atoms with Crippen LogP contribution in [0.5, 0.6) is 23.0 Å². The van der Waals surface area contributed by atoms with Crippen molar-refractivity contribution < 1.29 is 40.6 Å². The standard InChI is InChI=1S/C19H15F3N4O2.C19H13F3N4O.C18H15Cl2P.B/c20-19(21,22)12-18(27)26-25-17-11-10-16(23-24-17)13-6-8-15(9-7-13)28-14-4-2-1-3-5-14;20-19(21,22)12-18-24-23-17-11-10-16(25-26(17)18)13-6-8-15(9-7-13)27-14-4-2-1-3-5-14;19-21(20,16-10-4-1-5-11-16,17-12-6-2-7-13-17)18-14-8-3-9-15-18;/h1-11H,12H2,(H,24,25)(H,26,27);1-11H,12H2;1-15H;. The van der Waals surface area contributed by atoms with Crippen LogP contribution in [0.4, 0.5) is 32.2 Å². The van der Waals surface area contributed by atoms with Crippen LogP contribution in [0.3, 0.4) is 0 Å². The second-order valence-corrected chi connectivity index (χ2v) is 24.4. The minimum atomic E-state index is -4.57. The number of hydrogen-bond donors (Lipinski definition) is 2. The fraction of sp³-hybridized carbons (Fsp3) is 0.0714. The molecule has 3 radical (unpaired) electrons. The number of para-hydroxylation sites is 2. The molecule has 3 aromatic heterocycles. The number of nitrogens with zero attached hydrogens (tertiary/aromatic N) is 6. The molecule has 2 N–H and O–H groups in total. The SMILES string of the molecule is ClP(Cl)(c1ccccc1)(c1ccccc1)c1ccccc1.FC(F)(F)Cc1nnc2ccc(-c3ccc(Oc4ccccc4)cc3)nn12.O=C(CC(F)(F)F)NNc1ccc(-c2ccc(Oc3ccccc3)cc2)nn1.[B]. The molecule has 0 aliphatic heterocycles. The summed E-state index contributed by atoms with van der Waals surface area (Å²) in [4.78, 5) is 11.1. The van der Waals surface area contributed by atoms with Gasteiger partial charge in [-0.15, -0.1) is 20.4 Å². The molecule has 3 heterocycles. The maximum atomic E-state index is 12.7. The first-order chi connectivity index (χ1) is 36.5. The normalized spacial score (nSPS) is 11.7. The van der Waals surface area contributed by atoms with Gasteiger partial charge in [0.15, 0.2) is 17.3 Å². The summed E-state index contributed by atoms with van der Waals surface area (Å²) in [5.74, 6) is 1.39. The van der Waals surface area contributed by atoms with Gasteiger partial charge in [0, 0.05) is 19.5 Å². The molecule has 0 bridgehead atoms. The second kappa shape index (κ2) is 25.0. The number of hydrazine groups is 1. The Hall–Kier alpha value is -8.31. The fourth-order valence-electron chi connectivity index (χ4n) is 7.34. The number of fused-ring (bicyclic) bond motifs is 1. The molecule has 1 amide bonds. The van der Waals surface area contributed by atoms with E-state index in [1.54, 1.807) is 66.7 Å². The van der Waals surface area contributed by atoms with Crippen molar-refractivity contribution in [1.82, 2.24) is 35.4 Å². The van der Waals surface area contributed by atoms with Gasteiger partial charge >= 0.3 is 147 Å². The maximum absolute atomic E-state index is 12.7. The van der Waals surface area contributed by atoms with E-state index in [4.69, 9.17) is 32.0 Å². The number of rotatable bonds is 13. The van der Waals surface area contributed by atoms with Gasteiger partial charge in [0.2, 0.25) is 5.91 Å². The van der Waals surface area contributed by atoms with Gasteiger partial charge in [-0.1, -0.05) is 36.4 Å². The Morgan fingerprint density at radius 1 is 0.481 bits per heavy atom. The summed E-state index contributed by atoms with van der Waals surface area (Å²) in [5.41, 5.74) is 7.06. The summed E-state index contributed by atoms with van der Waals surface area (Å²) in [7, 11) is 0. The van der Waals surface area contributed by atoms with Crippen LogP contribution < -0.4 is 36.2 Å². The van der Waals surface area contributed by atoms with E-state index in [1.165, 1.54) is 6.07 Å².